The Morgan fingerprint density at radius 3 is 2.40 bits per heavy atom. The minimum Gasteiger partial charge on any atom is -0.493 e. The molecule has 0 radical (unpaired) electrons. The van der Waals surface area contributed by atoms with Gasteiger partial charge in [-0.05, 0) is 49.1 Å². The lowest BCUT2D eigenvalue weighted by Crippen LogP contribution is -2.37. The van der Waals surface area contributed by atoms with E-state index in [0.29, 0.717) is 31.0 Å². The summed E-state index contributed by atoms with van der Waals surface area (Å²) in [6.07, 6.45) is 1.28. The van der Waals surface area contributed by atoms with Gasteiger partial charge in [0, 0.05) is 13.1 Å². The van der Waals surface area contributed by atoms with Gasteiger partial charge in [-0.15, -0.1) is 0 Å². The number of ether oxygens (including phenoxy) is 2. The summed E-state index contributed by atoms with van der Waals surface area (Å²) in [5.41, 5.74) is 7.37. The van der Waals surface area contributed by atoms with Crippen molar-refractivity contribution in [3.8, 4) is 11.5 Å². The second kappa shape index (κ2) is 8.03. The Bertz CT molecular complexity index is 734. The van der Waals surface area contributed by atoms with Gasteiger partial charge in [0.1, 0.15) is 0 Å². The Labute approximate surface area is 147 Å². The van der Waals surface area contributed by atoms with E-state index in [4.69, 9.17) is 19.8 Å². The lowest BCUT2D eigenvalue weighted by atomic mass is 9.98. The van der Waals surface area contributed by atoms with Crippen molar-refractivity contribution in [2.24, 2.45) is 5.73 Å². The molecule has 0 aliphatic carbocycles. The van der Waals surface area contributed by atoms with Gasteiger partial charge < -0.3 is 15.2 Å². The van der Waals surface area contributed by atoms with Crippen LogP contribution in [0.3, 0.4) is 0 Å². The largest absolute Gasteiger partial charge is 0.493 e. The zero-order valence-corrected chi connectivity index (χ0v) is 15.2. The summed E-state index contributed by atoms with van der Waals surface area (Å²) in [7, 11) is -1.27. The monoisotopic (exact) mass is 372 g/mol. The van der Waals surface area contributed by atoms with Crippen LogP contribution >= 0.6 is 0 Å². The third-order valence-corrected chi connectivity index (χ3v) is 5.60. The number of benzene rings is 1. The predicted octanol–water partition coefficient (Wildman–Crippen LogP) is 0.584. The van der Waals surface area contributed by atoms with Crippen LogP contribution in [0.5, 0.6) is 11.5 Å². The standard InChI is InChI=1S/C16H24N2O6S/c1-23-13-8-11-5-7-18(10-12(11)9-14(13)24-2)6-3-4-15(16(17)19)25(20,21)22/h8-9,15H,3-7,10H2,1-2H3,(H2,17,19)(H,20,21,22). The van der Waals surface area contributed by atoms with E-state index in [0.717, 1.165) is 18.5 Å². The van der Waals surface area contributed by atoms with Crippen LogP contribution in [0.4, 0.5) is 0 Å². The maximum absolute atomic E-state index is 11.2. The summed E-state index contributed by atoms with van der Waals surface area (Å²) in [5, 5.41) is -1.55. The first-order chi connectivity index (χ1) is 11.8. The summed E-state index contributed by atoms with van der Waals surface area (Å²) in [6, 6.07) is 3.93. The van der Waals surface area contributed by atoms with Crippen LogP contribution in [-0.2, 0) is 27.9 Å². The lowest BCUT2D eigenvalue weighted by Gasteiger charge is -2.29. The summed E-state index contributed by atoms with van der Waals surface area (Å²) >= 11 is 0. The molecule has 140 valence electrons. The highest BCUT2D eigenvalue weighted by atomic mass is 32.2. The molecular formula is C16H24N2O6S. The molecule has 0 fully saturated rings. The van der Waals surface area contributed by atoms with E-state index >= 15 is 0 Å². The van der Waals surface area contributed by atoms with Gasteiger partial charge in [-0.1, -0.05) is 0 Å². The molecule has 1 unspecified atom stereocenters. The van der Waals surface area contributed by atoms with Crippen LogP contribution in [0.1, 0.15) is 24.0 Å². The van der Waals surface area contributed by atoms with Crippen LogP contribution in [0.2, 0.25) is 0 Å². The number of primary amides is 1. The topological polar surface area (TPSA) is 119 Å². The molecule has 0 saturated carbocycles. The molecule has 25 heavy (non-hydrogen) atoms. The second-order valence-corrected chi connectivity index (χ2v) is 7.65. The van der Waals surface area contributed by atoms with Crippen molar-refractivity contribution in [3.05, 3.63) is 23.3 Å². The molecule has 9 heteroatoms. The first kappa shape index (κ1) is 19.5. The molecule has 0 bridgehead atoms. The molecule has 1 aliphatic rings. The van der Waals surface area contributed by atoms with E-state index in [9.17, 15) is 13.2 Å². The molecule has 0 saturated heterocycles. The van der Waals surface area contributed by atoms with Gasteiger partial charge in [-0.2, -0.15) is 8.42 Å². The molecule has 1 aromatic carbocycles. The number of hydrogen-bond donors (Lipinski definition) is 2. The van der Waals surface area contributed by atoms with Crippen LogP contribution in [0.25, 0.3) is 0 Å². The fourth-order valence-corrected chi connectivity index (χ4v) is 3.83. The van der Waals surface area contributed by atoms with Crippen molar-refractivity contribution in [1.82, 2.24) is 4.90 Å². The molecule has 1 atom stereocenters. The molecule has 2 rings (SSSR count). The molecule has 0 aromatic heterocycles. The quantitative estimate of drug-likeness (QED) is 0.641. The van der Waals surface area contributed by atoms with Crippen molar-refractivity contribution < 1.29 is 27.2 Å². The fraction of sp³-hybridized carbons (Fsp3) is 0.562. The predicted molar refractivity (Wildman–Crippen MR) is 92.3 cm³/mol. The van der Waals surface area contributed by atoms with Crippen molar-refractivity contribution >= 4 is 16.0 Å². The highest BCUT2D eigenvalue weighted by molar-refractivity contribution is 7.87. The minimum atomic E-state index is -4.46. The third-order valence-electron chi connectivity index (χ3n) is 4.41. The lowest BCUT2D eigenvalue weighted by molar-refractivity contribution is -0.117. The Morgan fingerprint density at radius 2 is 1.88 bits per heavy atom. The van der Waals surface area contributed by atoms with E-state index in [-0.39, 0.29) is 6.42 Å². The van der Waals surface area contributed by atoms with Crippen LogP contribution in [0.15, 0.2) is 12.1 Å². The summed E-state index contributed by atoms with van der Waals surface area (Å²) < 4.78 is 42.0. The average Bonchev–Trinajstić information content (AvgIpc) is 2.55. The summed E-state index contributed by atoms with van der Waals surface area (Å²) in [5.74, 6) is 0.346. The van der Waals surface area contributed by atoms with Crippen LogP contribution in [0, 0.1) is 0 Å². The minimum absolute atomic E-state index is 0.00343. The van der Waals surface area contributed by atoms with Crippen LogP contribution < -0.4 is 15.2 Å². The number of carbonyl (C=O) groups excluding carboxylic acids is 1. The number of carbonyl (C=O) groups is 1. The highest BCUT2D eigenvalue weighted by Gasteiger charge is 2.29. The molecule has 8 nitrogen and oxygen atoms in total. The first-order valence-electron chi connectivity index (χ1n) is 7.98. The number of fused-ring (bicyclic) bond motifs is 1. The zero-order chi connectivity index (χ0) is 18.6. The number of rotatable bonds is 8. The van der Waals surface area contributed by atoms with Crippen molar-refractivity contribution in [3.63, 3.8) is 0 Å². The fourth-order valence-electron chi connectivity index (χ4n) is 3.07. The van der Waals surface area contributed by atoms with Crippen molar-refractivity contribution in [2.45, 2.75) is 31.1 Å². The maximum atomic E-state index is 11.2. The Hall–Kier alpha value is -1.84. The third kappa shape index (κ3) is 4.83. The second-order valence-electron chi connectivity index (χ2n) is 6.05. The smallest absolute Gasteiger partial charge is 0.276 e. The Balaban J connectivity index is 1.98. The summed E-state index contributed by atoms with van der Waals surface area (Å²) in [6.45, 7) is 2.12. The van der Waals surface area contributed by atoms with E-state index in [1.807, 2.05) is 12.1 Å². The molecule has 1 aromatic rings. The van der Waals surface area contributed by atoms with Crippen molar-refractivity contribution in [1.29, 1.82) is 0 Å². The SMILES string of the molecule is COc1cc2c(cc1OC)CN(CCCC(C(N)=O)S(=O)(=O)O)CC2. The maximum Gasteiger partial charge on any atom is 0.276 e. The number of nitrogens with two attached hydrogens (primary N) is 1. The normalized spacial score (nSPS) is 16.1. The molecule has 3 N–H and O–H groups in total. The van der Waals surface area contributed by atoms with Crippen molar-refractivity contribution in [2.75, 3.05) is 27.3 Å². The molecule has 1 heterocycles. The van der Waals surface area contributed by atoms with Crippen LogP contribution in [-0.4, -0.2) is 56.3 Å². The Kier molecular flexibility index (Phi) is 6.26. The van der Waals surface area contributed by atoms with Gasteiger partial charge in [0.2, 0.25) is 5.91 Å². The van der Waals surface area contributed by atoms with E-state index < -0.39 is 21.3 Å². The highest BCUT2D eigenvalue weighted by Crippen LogP contribution is 2.33. The number of nitrogens with zero attached hydrogens (tertiary/aromatic N) is 1. The van der Waals surface area contributed by atoms with Gasteiger partial charge in [-0.25, -0.2) is 0 Å². The molecule has 1 amide bonds. The van der Waals surface area contributed by atoms with Gasteiger partial charge >= 0.3 is 0 Å². The summed E-state index contributed by atoms with van der Waals surface area (Å²) in [4.78, 5) is 13.3. The first-order valence-corrected chi connectivity index (χ1v) is 9.48. The number of methoxy groups -OCH3 is 2. The van der Waals surface area contributed by atoms with Gasteiger partial charge in [0.15, 0.2) is 16.7 Å². The average molecular weight is 372 g/mol. The number of amides is 1. The number of hydrogen-bond acceptors (Lipinski definition) is 6. The molecule has 1 aliphatic heterocycles. The molecule has 0 spiro atoms. The van der Waals surface area contributed by atoms with Gasteiger partial charge in [-0.3, -0.25) is 14.2 Å². The van der Waals surface area contributed by atoms with E-state index in [2.05, 4.69) is 4.90 Å². The molecular weight excluding hydrogens is 348 g/mol. The zero-order valence-electron chi connectivity index (χ0n) is 14.4. The van der Waals surface area contributed by atoms with E-state index in [1.54, 1.807) is 14.2 Å². The Morgan fingerprint density at radius 1 is 1.28 bits per heavy atom. The van der Waals surface area contributed by atoms with E-state index in [1.165, 1.54) is 5.56 Å². The van der Waals surface area contributed by atoms with Gasteiger partial charge in [0.25, 0.3) is 10.1 Å². The van der Waals surface area contributed by atoms with Gasteiger partial charge in [0.05, 0.1) is 14.2 Å².